The highest BCUT2D eigenvalue weighted by Crippen LogP contribution is 1.90. The minimum absolute atomic E-state index is 0.618. The molecule has 2 heteroatoms. The lowest BCUT2D eigenvalue weighted by Gasteiger charge is -1.86. The topological polar surface area (TPSA) is 22.1 Å². The van der Waals surface area contributed by atoms with E-state index in [0.29, 0.717) is 6.61 Å². The van der Waals surface area contributed by atoms with E-state index in [1.165, 1.54) is 0 Å². The van der Waals surface area contributed by atoms with Crippen LogP contribution in [0.1, 0.15) is 12.5 Å². The standard InChI is InChI=1S/C9H9NO/c1-2-11-7-5-9-4-3-6-10-8-9/h3-4,6,8H,2H2,1H3. The molecule has 1 heterocycles. The van der Waals surface area contributed by atoms with Gasteiger partial charge in [0.1, 0.15) is 6.11 Å². The summed E-state index contributed by atoms with van der Waals surface area (Å²) < 4.78 is 4.85. The maximum absolute atomic E-state index is 4.85. The van der Waals surface area contributed by atoms with Crippen molar-refractivity contribution in [1.82, 2.24) is 4.98 Å². The fourth-order valence-corrected chi connectivity index (χ4v) is 0.604. The number of pyridine rings is 1. The van der Waals surface area contributed by atoms with Crippen LogP contribution in [-0.4, -0.2) is 11.6 Å². The van der Waals surface area contributed by atoms with Crippen LogP contribution in [-0.2, 0) is 4.74 Å². The molecule has 0 N–H and O–H groups in total. The Morgan fingerprint density at radius 3 is 3.18 bits per heavy atom. The summed E-state index contributed by atoms with van der Waals surface area (Å²) in [6.07, 6.45) is 5.98. The molecule has 1 aromatic heterocycles. The number of rotatable bonds is 1. The monoisotopic (exact) mass is 147 g/mol. The van der Waals surface area contributed by atoms with Crippen molar-refractivity contribution in [2.24, 2.45) is 0 Å². The lowest BCUT2D eigenvalue weighted by molar-refractivity contribution is 0.299. The van der Waals surface area contributed by atoms with Gasteiger partial charge in [-0.1, -0.05) is 0 Å². The molecule has 0 saturated carbocycles. The van der Waals surface area contributed by atoms with E-state index in [-0.39, 0.29) is 0 Å². The lowest BCUT2D eigenvalue weighted by atomic mass is 10.3. The normalized spacial score (nSPS) is 8.09. The molecule has 1 rings (SSSR count). The molecular weight excluding hydrogens is 138 g/mol. The van der Waals surface area contributed by atoms with E-state index in [1.54, 1.807) is 12.4 Å². The average molecular weight is 147 g/mol. The Morgan fingerprint density at radius 2 is 2.55 bits per heavy atom. The van der Waals surface area contributed by atoms with Gasteiger partial charge in [0.15, 0.2) is 0 Å². The number of aromatic nitrogens is 1. The van der Waals surface area contributed by atoms with E-state index in [9.17, 15) is 0 Å². The van der Waals surface area contributed by atoms with E-state index in [4.69, 9.17) is 4.74 Å². The van der Waals surface area contributed by atoms with E-state index in [2.05, 4.69) is 17.0 Å². The minimum Gasteiger partial charge on any atom is -0.447 e. The summed E-state index contributed by atoms with van der Waals surface area (Å²) in [7, 11) is 0. The summed E-state index contributed by atoms with van der Waals surface area (Å²) in [6, 6.07) is 3.73. The second-order valence-electron chi connectivity index (χ2n) is 1.90. The van der Waals surface area contributed by atoms with Gasteiger partial charge in [-0.2, -0.15) is 0 Å². The van der Waals surface area contributed by atoms with Crippen LogP contribution >= 0.6 is 0 Å². The summed E-state index contributed by atoms with van der Waals surface area (Å²) in [6.45, 7) is 2.52. The van der Waals surface area contributed by atoms with E-state index >= 15 is 0 Å². The second kappa shape index (κ2) is 4.35. The molecule has 0 fully saturated rings. The van der Waals surface area contributed by atoms with Crippen LogP contribution in [0.4, 0.5) is 0 Å². The fourth-order valence-electron chi connectivity index (χ4n) is 0.604. The van der Waals surface area contributed by atoms with Crippen LogP contribution in [0, 0.1) is 12.0 Å². The Bertz CT molecular complexity index is 258. The average Bonchev–Trinajstić information content (AvgIpc) is 2.07. The number of hydrogen-bond acceptors (Lipinski definition) is 2. The Balaban J connectivity index is 2.59. The molecule has 0 unspecified atom stereocenters. The third-order valence-corrected chi connectivity index (χ3v) is 1.07. The van der Waals surface area contributed by atoms with Gasteiger partial charge in [-0.3, -0.25) is 4.98 Å². The van der Waals surface area contributed by atoms with Crippen molar-refractivity contribution in [3.05, 3.63) is 30.1 Å². The number of hydrogen-bond donors (Lipinski definition) is 0. The molecule has 0 bridgehead atoms. The van der Waals surface area contributed by atoms with Gasteiger partial charge in [-0.25, -0.2) is 0 Å². The van der Waals surface area contributed by atoms with Crippen molar-refractivity contribution >= 4 is 0 Å². The number of ether oxygens (including phenoxy) is 1. The predicted molar refractivity (Wildman–Crippen MR) is 42.7 cm³/mol. The highest BCUT2D eigenvalue weighted by molar-refractivity contribution is 5.29. The van der Waals surface area contributed by atoms with E-state index in [1.807, 2.05) is 19.1 Å². The molecule has 0 aliphatic rings. The molecular formula is C9H9NO. The van der Waals surface area contributed by atoms with Crippen LogP contribution in [0.5, 0.6) is 0 Å². The molecule has 56 valence electrons. The Labute approximate surface area is 66.2 Å². The van der Waals surface area contributed by atoms with Crippen molar-refractivity contribution < 1.29 is 4.74 Å². The smallest absolute Gasteiger partial charge is 0.115 e. The van der Waals surface area contributed by atoms with Crippen LogP contribution in [0.3, 0.4) is 0 Å². The van der Waals surface area contributed by atoms with Crippen molar-refractivity contribution in [2.75, 3.05) is 6.61 Å². The van der Waals surface area contributed by atoms with Gasteiger partial charge in [-0.05, 0) is 25.0 Å². The van der Waals surface area contributed by atoms with Crippen molar-refractivity contribution in [3.63, 3.8) is 0 Å². The summed E-state index contributed by atoms with van der Waals surface area (Å²) in [5.41, 5.74) is 0.876. The Hall–Kier alpha value is -1.49. The summed E-state index contributed by atoms with van der Waals surface area (Å²) >= 11 is 0. The van der Waals surface area contributed by atoms with Gasteiger partial charge in [0.05, 0.1) is 6.61 Å². The number of nitrogens with zero attached hydrogens (tertiary/aromatic N) is 1. The van der Waals surface area contributed by atoms with E-state index in [0.717, 1.165) is 5.56 Å². The molecule has 0 aliphatic carbocycles. The zero-order chi connectivity index (χ0) is 7.94. The fraction of sp³-hybridized carbons (Fsp3) is 0.222. The Morgan fingerprint density at radius 1 is 1.64 bits per heavy atom. The van der Waals surface area contributed by atoms with Crippen molar-refractivity contribution in [1.29, 1.82) is 0 Å². The van der Waals surface area contributed by atoms with Gasteiger partial charge >= 0.3 is 0 Å². The van der Waals surface area contributed by atoms with Gasteiger partial charge in [0.2, 0.25) is 0 Å². The highest BCUT2D eigenvalue weighted by Gasteiger charge is 1.81. The van der Waals surface area contributed by atoms with E-state index < -0.39 is 0 Å². The molecule has 0 saturated heterocycles. The molecule has 2 nitrogen and oxygen atoms in total. The third-order valence-electron chi connectivity index (χ3n) is 1.07. The first kappa shape index (κ1) is 7.62. The van der Waals surface area contributed by atoms with Gasteiger partial charge in [0, 0.05) is 18.0 Å². The first-order chi connectivity index (χ1) is 5.43. The second-order valence-corrected chi connectivity index (χ2v) is 1.90. The molecule has 1 aromatic rings. The third kappa shape index (κ3) is 2.72. The first-order valence-corrected chi connectivity index (χ1v) is 3.46. The Kier molecular flexibility index (Phi) is 3.01. The van der Waals surface area contributed by atoms with Gasteiger partial charge in [0.25, 0.3) is 0 Å². The molecule has 0 spiro atoms. The minimum atomic E-state index is 0.618. The molecule has 11 heavy (non-hydrogen) atoms. The zero-order valence-electron chi connectivity index (χ0n) is 6.37. The van der Waals surface area contributed by atoms with Crippen LogP contribution in [0.15, 0.2) is 24.5 Å². The van der Waals surface area contributed by atoms with Crippen molar-refractivity contribution in [3.8, 4) is 12.0 Å². The van der Waals surface area contributed by atoms with Gasteiger partial charge in [-0.15, -0.1) is 0 Å². The molecule has 0 amide bonds. The van der Waals surface area contributed by atoms with Crippen LogP contribution in [0.2, 0.25) is 0 Å². The van der Waals surface area contributed by atoms with Crippen molar-refractivity contribution in [2.45, 2.75) is 6.92 Å². The molecule has 0 radical (unpaired) electrons. The maximum Gasteiger partial charge on any atom is 0.115 e. The zero-order valence-corrected chi connectivity index (χ0v) is 6.37. The SMILES string of the molecule is CCOC#Cc1cccnc1. The van der Waals surface area contributed by atoms with Crippen LogP contribution < -0.4 is 0 Å². The molecule has 0 atom stereocenters. The molecule has 0 aromatic carbocycles. The summed E-state index contributed by atoms with van der Waals surface area (Å²) in [5.74, 6) is 2.81. The maximum atomic E-state index is 4.85. The predicted octanol–water partition coefficient (Wildman–Crippen LogP) is 1.43. The largest absolute Gasteiger partial charge is 0.447 e. The van der Waals surface area contributed by atoms with Crippen LogP contribution in [0.25, 0.3) is 0 Å². The van der Waals surface area contributed by atoms with Gasteiger partial charge < -0.3 is 4.74 Å². The lowest BCUT2D eigenvalue weighted by Crippen LogP contribution is -1.79. The highest BCUT2D eigenvalue weighted by atomic mass is 16.5. The quantitative estimate of drug-likeness (QED) is 0.560. The molecule has 0 aliphatic heterocycles. The summed E-state index contributed by atoms with van der Waals surface area (Å²) in [5, 5.41) is 0. The first-order valence-electron chi connectivity index (χ1n) is 3.46. The summed E-state index contributed by atoms with van der Waals surface area (Å²) in [4.78, 5) is 3.91.